The van der Waals surface area contributed by atoms with Gasteiger partial charge in [0.2, 0.25) is 0 Å². The van der Waals surface area contributed by atoms with Gasteiger partial charge in [0.25, 0.3) is 0 Å². The summed E-state index contributed by atoms with van der Waals surface area (Å²) in [4.78, 5) is 10.9. The van der Waals surface area contributed by atoms with E-state index in [4.69, 9.17) is 5.11 Å². The highest BCUT2D eigenvalue weighted by molar-refractivity contribution is 5.87. The van der Waals surface area contributed by atoms with E-state index in [2.05, 4.69) is 5.32 Å². The summed E-state index contributed by atoms with van der Waals surface area (Å²) in [5.74, 6) is -1.10. The minimum atomic E-state index is -4.36. The van der Waals surface area contributed by atoms with Crippen LogP contribution in [-0.4, -0.2) is 23.3 Å². The van der Waals surface area contributed by atoms with Gasteiger partial charge in [-0.3, -0.25) is 0 Å². The molecule has 0 aliphatic rings. The molecule has 0 heterocycles. The number of aryl methyl sites for hydroxylation is 1. The van der Waals surface area contributed by atoms with Crippen molar-refractivity contribution in [1.82, 2.24) is 5.32 Å². The van der Waals surface area contributed by atoms with Gasteiger partial charge in [0, 0.05) is 6.54 Å². The highest BCUT2D eigenvalue weighted by Crippen LogP contribution is 2.24. The second-order valence-corrected chi connectivity index (χ2v) is 5.50. The molecule has 0 amide bonds. The van der Waals surface area contributed by atoms with Crippen LogP contribution in [0.5, 0.6) is 0 Å². The molecule has 2 N–H and O–H groups in total. The summed E-state index contributed by atoms with van der Waals surface area (Å²) in [6, 6.07) is 13.3. The second kappa shape index (κ2) is 7.97. The van der Waals surface area contributed by atoms with Crippen LogP contribution in [0.2, 0.25) is 0 Å². The predicted octanol–water partition coefficient (Wildman–Crippen LogP) is 4.04. The van der Waals surface area contributed by atoms with Crippen LogP contribution < -0.4 is 5.32 Å². The molecule has 0 aliphatic carbocycles. The lowest BCUT2D eigenvalue weighted by Gasteiger charge is -2.22. The fourth-order valence-electron chi connectivity index (χ4n) is 2.39. The molecule has 0 bridgehead atoms. The number of aromatic carboxylic acids is 1. The van der Waals surface area contributed by atoms with Crippen LogP contribution in [0, 0.1) is 0 Å². The van der Waals surface area contributed by atoms with E-state index in [0.717, 1.165) is 5.56 Å². The van der Waals surface area contributed by atoms with Gasteiger partial charge < -0.3 is 10.4 Å². The first-order chi connectivity index (χ1) is 11.4. The van der Waals surface area contributed by atoms with E-state index >= 15 is 0 Å². The molecule has 6 heteroatoms. The van der Waals surface area contributed by atoms with Crippen molar-refractivity contribution in [2.24, 2.45) is 0 Å². The Balaban J connectivity index is 1.99. The number of carboxylic acid groups (broad SMARTS) is 1. The van der Waals surface area contributed by atoms with Gasteiger partial charge in [0.15, 0.2) is 0 Å². The molecule has 1 atom stereocenters. The summed E-state index contributed by atoms with van der Waals surface area (Å²) in [6.07, 6.45) is -4.13. The molecule has 3 nitrogen and oxygen atoms in total. The van der Waals surface area contributed by atoms with E-state index in [-0.39, 0.29) is 18.5 Å². The molecule has 0 aromatic heterocycles. The van der Waals surface area contributed by atoms with Crippen LogP contribution in [0.15, 0.2) is 54.6 Å². The minimum absolute atomic E-state index is 0.0416. The summed E-state index contributed by atoms with van der Waals surface area (Å²) in [7, 11) is 0. The Labute approximate surface area is 138 Å². The predicted molar refractivity (Wildman–Crippen MR) is 84.8 cm³/mol. The number of benzene rings is 2. The third-order valence-corrected chi connectivity index (χ3v) is 3.69. The Kier molecular flexibility index (Phi) is 5.98. The average Bonchev–Trinajstić information content (AvgIpc) is 2.54. The Morgan fingerprint density at radius 2 is 1.71 bits per heavy atom. The maximum Gasteiger partial charge on any atom is 0.403 e. The summed E-state index contributed by atoms with van der Waals surface area (Å²) < 4.78 is 39.5. The third kappa shape index (κ3) is 5.38. The Bertz CT molecular complexity index is 671. The molecule has 0 spiro atoms. The molecule has 0 saturated carbocycles. The summed E-state index contributed by atoms with van der Waals surface area (Å²) in [6.45, 7) is -0.0416. The molecule has 2 aromatic rings. The normalized spacial score (nSPS) is 12.8. The number of alkyl halides is 3. The summed E-state index contributed by atoms with van der Waals surface area (Å²) in [5.41, 5.74) is 1.41. The molecule has 0 aliphatic heterocycles. The smallest absolute Gasteiger partial charge is 0.403 e. The molecule has 24 heavy (non-hydrogen) atoms. The van der Waals surface area contributed by atoms with Crippen LogP contribution in [0.25, 0.3) is 0 Å². The number of halogens is 3. The Hall–Kier alpha value is -2.34. The van der Waals surface area contributed by atoms with Gasteiger partial charge in [-0.1, -0.05) is 42.5 Å². The van der Waals surface area contributed by atoms with Crippen molar-refractivity contribution >= 4 is 5.97 Å². The molecule has 0 saturated heterocycles. The Morgan fingerprint density at radius 1 is 1.04 bits per heavy atom. The maximum absolute atomic E-state index is 13.2. The van der Waals surface area contributed by atoms with Crippen molar-refractivity contribution < 1.29 is 23.1 Å². The quantitative estimate of drug-likeness (QED) is 0.802. The molecule has 0 radical (unpaired) electrons. The first-order valence-electron chi connectivity index (χ1n) is 7.52. The van der Waals surface area contributed by atoms with Crippen molar-refractivity contribution in [3.05, 3.63) is 71.3 Å². The fourth-order valence-corrected chi connectivity index (χ4v) is 2.39. The Morgan fingerprint density at radius 3 is 2.33 bits per heavy atom. The zero-order valence-electron chi connectivity index (χ0n) is 12.9. The lowest BCUT2D eigenvalue weighted by Crippen LogP contribution is -2.42. The summed E-state index contributed by atoms with van der Waals surface area (Å²) in [5, 5.41) is 11.4. The molecule has 1 unspecified atom stereocenters. The molecule has 2 rings (SSSR count). The van der Waals surface area contributed by atoms with E-state index in [1.807, 2.05) is 6.07 Å². The number of hydrogen-bond acceptors (Lipinski definition) is 2. The van der Waals surface area contributed by atoms with Crippen LogP contribution in [0.1, 0.15) is 27.9 Å². The lowest BCUT2D eigenvalue weighted by molar-refractivity contribution is -0.157. The van der Waals surface area contributed by atoms with Crippen molar-refractivity contribution in [3.8, 4) is 0 Å². The van der Waals surface area contributed by atoms with E-state index in [1.54, 1.807) is 30.3 Å². The fraction of sp³-hybridized carbons (Fsp3) is 0.278. The topological polar surface area (TPSA) is 49.3 Å². The van der Waals surface area contributed by atoms with Gasteiger partial charge >= 0.3 is 12.1 Å². The van der Waals surface area contributed by atoms with E-state index in [1.165, 1.54) is 18.2 Å². The molecular formula is C18H18F3NO2. The van der Waals surface area contributed by atoms with Crippen LogP contribution >= 0.6 is 0 Å². The van der Waals surface area contributed by atoms with Crippen LogP contribution in [0.3, 0.4) is 0 Å². The van der Waals surface area contributed by atoms with Crippen molar-refractivity contribution in [1.29, 1.82) is 0 Å². The monoisotopic (exact) mass is 337 g/mol. The number of rotatable bonds is 7. The van der Waals surface area contributed by atoms with Crippen molar-refractivity contribution in [2.45, 2.75) is 31.6 Å². The van der Waals surface area contributed by atoms with Gasteiger partial charge in [-0.25, -0.2) is 4.79 Å². The third-order valence-electron chi connectivity index (χ3n) is 3.69. The molecule has 2 aromatic carbocycles. The van der Waals surface area contributed by atoms with Crippen molar-refractivity contribution in [3.63, 3.8) is 0 Å². The SMILES string of the molecule is O=C(O)c1cccc(CNC(CCc2ccccc2)C(F)(F)F)c1. The van der Waals surface area contributed by atoms with Gasteiger partial charge in [0.1, 0.15) is 6.04 Å². The second-order valence-electron chi connectivity index (χ2n) is 5.50. The molecule has 128 valence electrons. The minimum Gasteiger partial charge on any atom is -0.478 e. The first kappa shape index (κ1) is 18.0. The number of carboxylic acids is 1. The highest BCUT2D eigenvalue weighted by atomic mass is 19.4. The maximum atomic E-state index is 13.2. The lowest BCUT2D eigenvalue weighted by atomic mass is 10.0. The number of hydrogen-bond donors (Lipinski definition) is 2. The van der Waals surface area contributed by atoms with Crippen molar-refractivity contribution in [2.75, 3.05) is 0 Å². The summed E-state index contributed by atoms with van der Waals surface area (Å²) >= 11 is 0. The van der Waals surface area contributed by atoms with E-state index < -0.39 is 18.2 Å². The number of nitrogens with one attached hydrogen (secondary N) is 1. The largest absolute Gasteiger partial charge is 0.478 e. The van der Waals surface area contributed by atoms with Crippen LogP contribution in [0.4, 0.5) is 13.2 Å². The van der Waals surface area contributed by atoms with Gasteiger partial charge in [-0.15, -0.1) is 0 Å². The van der Waals surface area contributed by atoms with E-state index in [0.29, 0.717) is 12.0 Å². The number of carbonyl (C=O) groups is 1. The van der Waals surface area contributed by atoms with E-state index in [9.17, 15) is 18.0 Å². The molecular weight excluding hydrogens is 319 g/mol. The first-order valence-corrected chi connectivity index (χ1v) is 7.52. The van der Waals surface area contributed by atoms with Crippen LogP contribution in [-0.2, 0) is 13.0 Å². The highest BCUT2D eigenvalue weighted by Gasteiger charge is 2.38. The van der Waals surface area contributed by atoms with Gasteiger partial charge in [-0.2, -0.15) is 13.2 Å². The molecule has 0 fully saturated rings. The van der Waals surface area contributed by atoms with Gasteiger partial charge in [-0.05, 0) is 36.1 Å². The zero-order chi connectivity index (χ0) is 17.6. The van der Waals surface area contributed by atoms with Gasteiger partial charge in [0.05, 0.1) is 5.56 Å². The standard InChI is InChI=1S/C18H18F3NO2/c19-18(20,21)16(10-9-13-5-2-1-3-6-13)22-12-14-7-4-8-15(11-14)17(23)24/h1-8,11,16,22H,9-10,12H2,(H,23,24). The zero-order valence-corrected chi connectivity index (χ0v) is 12.9. The average molecular weight is 337 g/mol.